The van der Waals surface area contributed by atoms with Crippen molar-refractivity contribution in [3.05, 3.63) is 115 Å². The van der Waals surface area contributed by atoms with Gasteiger partial charge < -0.3 is 53.8 Å². The molecule has 0 spiro atoms. The Bertz CT molecular complexity index is 3190. The number of nitriles is 2. The number of anilines is 2. The molecule has 23 nitrogen and oxygen atoms in total. The van der Waals surface area contributed by atoms with Crippen LogP contribution in [0.5, 0.6) is 11.5 Å². The molecule has 4 amide bonds. The fourth-order valence-corrected chi connectivity index (χ4v) is 13.8. The van der Waals surface area contributed by atoms with Gasteiger partial charge in [-0.1, -0.05) is 23.2 Å². The number of likely N-dealkylation sites (tertiary alicyclic amines) is 2. The van der Waals surface area contributed by atoms with Crippen molar-refractivity contribution in [3.63, 3.8) is 0 Å². The van der Waals surface area contributed by atoms with Crippen LogP contribution < -0.4 is 39.9 Å². The summed E-state index contributed by atoms with van der Waals surface area (Å²) in [7, 11) is 7.90. The van der Waals surface area contributed by atoms with E-state index in [9.17, 15) is 37.6 Å². The van der Waals surface area contributed by atoms with Crippen molar-refractivity contribution in [2.45, 2.75) is 88.7 Å². The molecule has 2 heterocycles. The smallest absolute Gasteiger partial charge is 0.331 e. The Morgan fingerprint density at radius 2 is 1.11 bits per heavy atom. The van der Waals surface area contributed by atoms with E-state index in [1.165, 1.54) is 8.61 Å². The number of hydrazine groups is 1. The second-order valence-corrected chi connectivity index (χ2v) is 25.4. The first-order valence-corrected chi connectivity index (χ1v) is 32.1. The summed E-state index contributed by atoms with van der Waals surface area (Å²) in [5.74, 6) is 7.22. The molecular weight excluding hydrogens is 1200 g/mol. The molecule has 5 N–H and O–H groups in total. The lowest BCUT2D eigenvalue weighted by atomic mass is 10.0. The average molecular weight is 1280 g/mol. The van der Waals surface area contributed by atoms with Crippen LogP contribution in [-0.4, -0.2) is 198 Å². The van der Waals surface area contributed by atoms with E-state index in [4.69, 9.17) is 48.0 Å². The first-order valence-electron chi connectivity index (χ1n) is 29.3. The molecule has 472 valence electrons. The number of carbonyl (C=O) groups excluding carboxylic acids is 2. The molecule has 8 rings (SSSR count). The lowest BCUT2D eigenvalue weighted by Gasteiger charge is -2.33. The van der Waals surface area contributed by atoms with Gasteiger partial charge in [0, 0.05) is 103 Å². The third kappa shape index (κ3) is 17.3. The normalized spacial score (nSPS) is 20.6. The highest BCUT2D eigenvalue weighted by atomic mass is 35.5. The average Bonchev–Trinajstić information content (AvgIpc) is 2.96. The molecule has 0 bridgehead atoms. The molecule has 4 aromatic carbocycles. The van der Waals surface area contributed by atoms with Crippen LogP contribution in [0.25, 0.3) is 0 Å². The summed E-state index contributed by atoms with van der Waals surface area (Å²) in [5, 5.41) is 29.9. The van der Waals surface area contributed by atoms with E-state index in [2.05, 4.69) is 47.7 Å². The SMILES string of the molecule is Cc1cc(N([C@@H]2CCN(CCOCCNC(=O)NCCCCNC(=O)N(N)CCOCCN3CC[C@@H](N(c4ccc(O[C@H]5c6cc(Cl)cc(C#N)c6C[C@@H]5N(C)C)c(C)c4)S(=O)[O-])C3)C2)S(=O)[O-])ccc1O[C@H]1c2cc(Cl)cc(C#N)c2C[C@@H]1N(C)C. The van der Waals surface area contributed by atoms with Crippen molar-refractivity contribution in [2.75, 3.05) is 129 Å². The largest absolute Gasteiger partial charge is 0.755 e. The standard InChI is InChI=1S/C60H81Cl2N13O10S2/c1-39-27-45(9-11-55(39)84-57-51-31-43(61)29-41(35-63)49(51)33-53(57)69(3)4)74(86(78)79)47-13-18-71(37-47)20-24-82-23-17-67-59(76)66-15-7-8-16-68-60(77)73(65)22-26-83-25-21-72-19-14-48(38-72)75(87(80)81)46-10-12-56(40(2)28-46)85-58-52-32-44(62)30-42(36-64)50(52)34-54(58)70(5)6/h9-12,27-32,47-48,53-54,57-58H,7-8,13-26,33-34,37-38,65H2,1-6H3,(H,68,77)(H,78,79)(H,80,81)(H2,66,67,76)/p-2/t47-,48-,53+,54+,57+,58+/m1/s1. The molecule has 87 heavy (non-hydrogen) atoms. The number of hydrogen-bond donors (Lipinski definition) is 4. The lowest BCUT2D eigenvalue weighted by molar-refractivity contribution is 0.0932. The topological polar surface area (TPSA) is 284 Å². The first kappa shape index (κ1) is 67.1. The molecule has 2 saturated heterocycles. The molecule has 4 aliphatic rings. The van der Waals surface area contributed by atoms with Gasteiger partial charge in [0.2, 0.25) is 0 Å². The molecule has 4 aromatic rings. The molecule has 0 aromatic heterocycles. The summed E-state index contributed by atoms with van der Waals surface area (Å²) in [6.07, 6.45) is 3.03. The summed E-state index contributed by atoms with van der Waals surface area (Å²) in [6, 6.07) is 21.0. The molecular formula is C60H79Cl2N13O10S2-2. The number of aryl methyl sites for hydroxylation is 2. The van der Waals surface area contributed by atoms with E-state index in [0.29, 0.717) is 161 Å². The van der Waals surface area contributed by atoms with E-state index < -0.39 is 28.6 Å². The Morgan fingerprint density at radius 1 is 0.667 bits per heavy atom. The zero-order valence-electron chi connectivity index (χ0n) is 50.1. The highest BCUT2D eigenvalue weighted by Crippen LogP contribution is 2.44. The Labute approximate surface area is 525 Å². The van der Waals surface area contributed by atoms with Gasteiger partial charge in [-0.25, -0.2) is 15.4 Å². The molecule has 2 unspecified atom stereocenters. The number of halogens is 2. The van der Waals surface area contributed by atoms with E-state index in [-0.39, 0.29) is 55.6 Å². The summed E-state index contributed by atoms with van der Waals surface area (Å²) < 4.78 is 78.4. The first-order chi connectivity index (χ1) is 41.7. The minimum atomic E-state index is -2.53. The van der Waals surface area contributed by atoms with Crippen LogP contribution in [0.3, 0.4) is 0 Å². The summed E-state index contributed by atoms with van der Waals surface area (Å²) in [5.41, 5.74) is 7.31. The fraction of sp³-hybridized carbons (Fsp3) is 0.533. The predicted octanol–water partition coefficient (Wildman–Crippen LogP) is 5.61. The number of nitrogens with zero attached hydrogens (tertiary/aromatic N) is 9. The number of rotatable bonds is 29. The van der Waals surface area contributed by atoms with Crippen LogP contribution in [0, 0.1) is 36.5 Å². The molecule has 8 atom stereocenters. The Hall–Kier alpha value is -5.88. The summed E-state index contributed by atoms with van der Waals surface area (Å²) in [4.78, 5) is 33.4. The van der Waals surface area contributed by atoms with Crippen molar-refractivity contribution in [2.24, 2.45) is 5.84 Å². The second kappa shape index (κ2) is 31.5. The minimum absolute atomic E-state index is 0.0292. The van der Waals surface area contributed by atoms with Gasteiger partial charge in [-0.05, 0) is 175 Å². The van der Waals surface area contributed by atoms with Gasteiger partial charge in [0.25, 0.3) is 0 Å². The van der Waals surface area contributed by atoms with Crippen LogP contribution in [0.2, 0.25) is 10.0 Å². The highest BCUT2D eigenvalue weighted by molar-refractivity contribution is 7.81. The zero-order valence-corrected chi connectivity index (χ0v) is 53.3. The van der Waals surface area contributed by atoms with Gasteiger partial charge in [-0.3, -0.25) is 31.8 Å². The van der Waals surface area contributed by atoms with Gasteiger partial charge in [-0.2, -0.15) is 10.5 Å². The molecule has 2 fully saturated rings. The number of urea groups is 2. The van der Waals surface area contributed by atoms with E-state index >= 15 is 0 Å². The third-order valence-electron chi connectivity index (χ3n) is 16.6. The van der Waals surface area contributed by atoms with Gasteiger partial charge >= 0.3 is 12.1 Å². The van der Waals surface area contributed by atoms with Crippen LogP contribution in [-0.2, 0) is 44.8 Å². The van der Waals surface area contributed by atoms with Gasteiger partial charge in [0.1, 0.15) is 23.7 Å². The number of amides is 4. The highest BCUT2D eigenvalue weighted by Gasteiger charge is 2.40. The van der Waals surface area contributed by atoms with E-state index in [1.54, 1.807) is 36.4 Å². The molecule has 2 aliphatic heterocycles. The Morgan fingerprint density at radius 3 is 1.55 bits per heavy atom. The Balaban J connectivity index is 0.645. The van der Waals surface area contributed by atoms with Crippen molar-refractivity contribution in [1.82, 2.24) is 40.6 Å². The monoisotopic (exact) mass is 1280 g/mol. The number of fused-ring (bicyclic) bond motifs is 2. The number of likely N-dealkylation sites (N-methyl/N-ethyl adjacent to an activating group) is 2. The van der Waals surface area contributed by atoms with E-state index in [0.717, 1.165) is 38.4 Å². The quantitative estimate of drug-likeness (QED) is 0.0169. The number of nitrogens with two attached hydrogens (primary N) is 1. The van der Waals surface area contributed by atoms with Crippen LogP contribution in [0.1, 0.15) is 82.4 Å². The van der Waals surface area contributed by atoms with Crippen LogP contribution >= 0.6 is 23.2 Å². The maximum Gasteiger partial charge on any atom is 0.331 e. The van der Waals surface area contributed by atoms with Crippen LogP contribution in [0.4, 0.5) is 21.0 Å². The lowest BCUT2D eigenvalue weighted by Crippen LogP contribution is -2.46. The van der Waals surface area contributed by atoms with Crippen molar-refractivity contribution in [3.8, 4) is 23.6 Å². The van der Waals surface area contributed by atoms with Crippen molar-refractivity contribution >= 4 is 69.2 Å². The molecule has 2 aliphatic carbocycles. The number of ether oxygens (including phenoxy) is 4. The maximum absolute atomic E-state index is 12.7. The molecule has 27 heteroatoms. The van der Waals surface area contributed by atoms with E-state index in [1.807, 2.05) is 66.3 Å². The summed E-state index contributed by atoms with van der Waals surface area (Å²) >= 11 is 7.76. The molecule has 0 saturated carbocycles. The number of carbonyl (C=O) groups is 2. The van der Waals surface area contributed by atoms with Crippen molar-refractivity contribution in [1.29, 1.82) is 10.5 Å². The number of unbranched alkanes of at least 4 members (excludes halogenated alkanes) is 1. The van der Waals surface area contributed by atoms with Gasteiger partial charge in [0.15, 0.2) is 0 Å². The molecule has 0 radical (unpaired) electrons. The maximum atomic E-state index is 12.7. The van der Waals surface area contributed by atoms with Crippen molar-refractivity contribution < 1.29 is 46.1 Å². The third-order valence-corrected chi connectivity index (χ3v) is 18.7. The minimum Gasteiger partial charge on any atom is -0.755 e. The zero-order chi connectivity index (χ0) is 62.5. The number of hydrogen-bond acceptors (Lipinski definition) is 17. The number of benzene rings is 4. The predicted molar refractivity (Wildman–Crippen MR) is 333 cm³/mol. The number of nitrogens with one attached hydrogen (secondary N) is 3. The van der Waals surface area contributed by atoms with Gasteiger partial charge in [-0.15, -0.1) is 0 Å². The van der Waals surface area contributed by atoms with Crippen LogP contribution in [0.15, 0.2) is 60.7 Å². The van der Waals surface area contributed by atoms with Gasteiger partial charge in [0.05, 0.1) is 80.4 Å². The summed E-state index contributed by atoms with van der Waals surface area (Å²) in [6.45, 7) is 9.89. The second-order valence-electron chi connectivity index (χ2n) is 22.8. The fourth-order valence-electron chi connectivity index (χ4n) is 12.0. The Kier molecular flexibility index (Phi) is 24.3.